The highest BCUT2D eigenvalue weighted by Gasteiger charge is 2.13. The van der Waals surface area contributed by atoms with Crippen LogP contribution in [0.25, 0.3) is 0 Å². The maximum Gasteiger partial charge on any atom is 0.237 e. The van der Waals surface area contributed by atoms with Crippen LogP contribution < -0.4 is 10.1 Å². The predicted octanol–water partition coefficient (Wildman–Crippen LogP) is 5.51. The number of benzene rings is 2. The van der Waals surface area contributed by atoms with Crippen molar-refractivity contribution in [3.8, 4) is 11.5 Å². The molecule has 110 valence electrons. The Kier molecular flexibility index (Phi) is 5.51. The first kappa shape index (κ1) is 16.1. The molecule has 2 aromatic carbocycles. The number of alkyl halides is 1. The van der Waals surface area contributed by atoms with Crippen molar-refractivity contribution in [1.29, 1.82) is 0 Å². The molecule has 0 saturated carbocycles. The minimum Gasteiger partial charge on any atom is -0.454 e. The summed E-state index contributed by atoms with van der Waals surface area (Å²) in [6, 6.07) is 12.1. The van der Waals surface area contributed by atoms with Crippen molar-refractivity contribution in [3.05, 3.63) is 52.5 Å². The van der Waals surface area contributed by atoms with Crippen LogP contribution >= 0.6 is 39.1 Å². The summed E-state index contributed by atoms with van der Waals surface area (Å²) in [6.45, 7) is 1.74. The lowest BCUT2D eigenvalue weighted by Crippen LogP contribution is -2.20. The van der Waals surface area contributed by atoms with Gasteiger partial charge in [-0.3, -0.25) is 4.79 Å². The van der Waals surface area contributed by atoms with Crippen molar-refractivity contribution < 1.29 is 9.53 Å². The summed E-state index contributed by atoms with van der Waals surface area (Å²) in [7, 11) is 0. The van der Waals surface area contributed by atoms with E-state index in [4.69, 9.17) is 27.9 Å². The van der Waals surface area contributed by atoms with Gasteiger partial charge in [-0.15, -0.1) is 0 Å². The molecule has 0 aliphatic carbocycles. The highest BCUT2D eigenvalue weighted by molar-refractivity contribution is 9.10. The second-order valence-corrected chi connectivity index (χ2v) is 6.50. The van der Waals surface area contributed by atoms with Gasteiger partial charge in [-0.05, 0) is 37.3 Å². The van der Waals surface area contributed by atoms with Gasteiger partial charge in [0.2, 0.25) is 5.91 Å². The molecule has 0 heterocycles. The van der Waals surface area contributed by atoms with Gasteiger partial charge in [0.15, 0.2) is 5.75 Å². The van der Waals surface area contributed by atoms with Crippen LogP contribution in [0.3, 0.4) is 0 Å². The molecule has 0 fully saturated rings. The lowest BCUT2D eigenvalue weighted by molar-refractivity contribution is -0.115. The summed E-state index contributed by atoms with van der Waals surface area (Å²) in [5.74, 6) is 0.811. The third kappa shape index (κ3) is 4.37. The van der Waals surface area contributed by atoms with Crippen LogP contribution in [0.5, 0.6) is 11.5 Å². The van der Waals surface area contributed by atoms with Crippen molar-refractivity contribution in [3.63, 3.8) is 0 Å². The van der Waals surface area contributed by atoms with E-state index in [1.807, 2.05) is 12.1 Å². The molecule has 3 nitrogen and oxygen atoms in total. The normalized spacial score (nSPS) is 11.8. The van der Waals surface area contributed by atoms with Gasteiger partial charge in [0.1, 0.15) is 5.75 Å². The Bertz CT molecular complexity index is 662. The summed E-state index contributed by atoms with van der Waals surface area (Å²) in [4.78, 5) is 11.5. The lowest BCUT2D eigenvalue weighted by atomic mass is 10.2. The van der Waals surface area contributed by atoms with Crippen LogP contribution in [0.4, 0.5) is 5.69 Å². The smallest absolute Gasteiger partial charge is 0.237 e. The molecule has 1 atom stereocenters. The number of carbonyl (C=O) groups excluding carboxylic acids is 1. The van der Waals surface area contributed by atoms with Crippen molar-refractivity contribution in [2.75, 3.05) is 5.32 Å². The monoisotopic (exact) mass is 387 g/mol. The highest BCUT2D eigenvalue weighted by Crippen LogP contribution is 2.35. The number of ether oxygens (including phenoxy) is 1. The van der Waals surface area contributed by atoms with Crippen molar-refractivity contribution in [2.45, 2.75) is 11.8 Å². The van der Waals surface area contributed by atoms with E-state index in [1.54, 1.807) is 37.3 Å². The quantitative estimate of drug-likeness (QED) is 0.701. The Hall–Kier alpha value is -1.23. The fourth-order valence-electron chi connectivity index (χ4n) is 1.57. The summed E-state index contributed by atoms with van der Waals surface area (Å²) in [5, 5.41) is 3.71. The molecule has 0 spiro atoms. The molecule has 0 saturated heterocycles. The number of anilines is 1. The fourth-order valence-corrected chi connectivity index (χ4v) is 2.13. The zero-order valence-corrected chi connectivity index (χ0v) is 14.2. The zero-order chi connectivity index (χ0) is 15.4. The van der Waals surface area contributed by atoms with E-state index >= 15 is 0 Å². The maximum atomic E-state index is 11.8. The van der Waals surface area contributed by atoms with E-state index in [0.717, 1.165) is 0 Å². The molecule has 1 N–H and O–H groups in total. The molecule has 6 heteroatoms. The second-order valence-electron chi connectivity index (χ2n) is 4.28. The number of carbonyl (C=O) groups is 1. The first-order valence-corrected chi connectivity index (χ1v) is 7.81. The molecular formula is C15H12BrCl2NO2. The Balaban J connectivity index is 2.26. The van der Waals surface area contributed by atoms with Crippen molar-refractivity contribution >= 4 is 50.7 Å². The lowest BCUT2D eigenvalue weighted by Gasteiger charge is -2.13. The number of nitrogens with one attached hydrogen (secondary N) is 1. The fraction of sp³-hybridized carbons (Fsp3) is 0.133. The number of amides is 1. The number of hydrogen-bond acceptors (Lipinski definition) is 2. The van der Waals surface area contributed by atoms with Gasteiger partial charge in [-0.2, -0.15) is 0 Å². The summed E-state index contributed by atoms with van der Waals surface area (Å²) < 4.78 is 5.76. The van der Waals surface area contributed by atoms with Gasteiger partial charge in [-0.1, -0.05) is 51.3 Å². The van der Waals surface area contributed by atoms with Crippen molar-refractivity contribution in [2.24, 2.45) is 0 Å². The zero-order valence-electron chi connectivity index (χ0n) is 11.1. The predicted molar refractivity (Wildman–Crippen MR) is 90.0 cm³/mol. The third-order valence-electron chi connectivity index (χ3n) is 2.62. The Morgan fingerprint density at radius 3 is 2.57 bits per heavy atom. The van der Waals surface area contributed by atoms with E-state index in [-0.39, 0.29) is 10.7 Å². The van der Waals surface area contributed by atoms with E-state index < -0.39 is 0 Å². The van der Waals surface area contributed by atoms with Crippen LogP contribution in [-0.2, 0) is 4.79 Å². The van der Waals surface area contributed by atoms with E-state index in [2.05, 4.69) is 21.2 Å². The van der Waals surface area contributed by atoms with Crippen LogP contribution in [0.15, 0.2) is 42.5 Å². The molecule has 21 heavy (non-hydrogen) atoms. The molecule has 0 bridgehead atoms. The number of para-hydroxylation sites is 2. The molecule has 1 unspecified atom stereocenters. The molecule has 2 aromatic rings. The SMILES string of the molecule is CC(Br)C(=O)Nc1ccccc1Oc1ccc(Cl)cc1Cl. The van der Waals surface area contributed by atoms with Crippen LogP contribution in [0, 0.1) is 0 Å². The minimum absolute atomic E-state index is 0.159. The molecule has 1 amide bonds. The van der Waals surface area contributed by atoms with E-state index in [0.29, 0.717) is 27.2 Å². The Morgan fingerprint density at radius 2 is 1.90 bits per heavy atom. The van der Waals surface area contributed by atoms with Crippen molar-refractivity contribution in [1.82, 2.24) is 0 Å². The number of hydrogen-bond donors (Lipinski definition) is 1. The second kappa shape index (κ2) is 7.16. The number of rotatable bonds is 4. The average Bonchev–Trinajstić information content (AvgIpc) is 2.43. The molecule has 0 aromatic heterocycles. The van der Waals surface area contributed by atoms with Gasteiger partial charge >= 0.3 is 0 Å². The van der Waals surface area contributed by atoms with Gasteiger partial charge < -0.3 is 10.1 Å². The highest BCUT2D eigenvalue weighted by atomic mass is 79.9. The molecule has 2 rings (SSSR count). The van der Waals surface area contributed by atoms with Crippen LogP contribution in [0.1, 0.15) is 6.92 Å². The number of halogens is 3. The first-order valence-electron chi connectivity index (χ1n) is 6.14. The molecule has 0 aliphatic rings. The standard InChI is InChI=1S/C15H12BrCl2NO2/c1-9(16)15(20)19-12-4-2-3-5-14(12)21-13-7-6-10(17)8-11(13)18/h2-9H,1H3,(H,19,20). The first-order chi connectivity index (χ1) is 9.97. The van der Waals surface area contributed by atoms with Gasteiger partial charge in [0.25, 0.3) is 0 Å². The minimum atomic E-state index is -0.301. The topological polar surface area (TPSA) is 38.3 Å². The summed E-state index contributed by atoms with van der Waals surface area (Å²) in [6.07, 6.45) is 0. The molecule has 0 aliphatic heterocycles. The van der Waals surface area contributed by atoms with E-state index in [1.165, 1.54) is 0 Å². The van der Waals surface area contributed by atoms with Gasteiger partial charge in [-0.25, -0.2) is 0 Å². The summed E-state index contributed by atoms with van der Waals surface area (Å²) >= 11 is 15.2. The van der Waals surface area contributed by atoms with E-state index in [9.17, 15) is 4.79 Å². The molecular weight excluding hydrogens is 377 g/mol. The average molecular weight is 389 g/mol. The summed E-state index contributed by atoms with van der Waals surface area (Å²) in [5.41, 5.74) is 0.569. The largest absolute Gasteiger partial charge is 0.454 e. The Labute approximate surface area is 141 Å². The Morgan fingerprint density at radius 1 is 1.19 bits per heavy atom. The maximum absolute atomic E-state index is 11.8. The van der Waals surface area contributed by atoms with Gasteiger partial charge in [0, 0.05) is 5.02 Å². The third-order valence-corrected chi connectivity index (χ3v) is 3.57. The van der Waals surface area contributed by atoms with Crippen LogP contribution in [-0.4, -0.2) is 10.7 Å². The van der Waals surface area contributed by atoms with Gasteiger partial charge in [0.05, 0.1) is 15.5 Å². The van der Waals surface area contributed by atoms with Crippen LogP contribution in [0.2, 0.25) is 10.0 Å². The molecule has 0 radical (unpaired) electrons.